The van der Waals surface area contributed by atoms with Crippen LogP contribution in [-0.4, -0.2) is 28.3 Å². The second-order valence-corrected chi connectivity index (χ2v) is 6.12. The molecule has 0 saturated carbocycles. The molecule has 0 fully saturated rings. The van der Waals surface area contributed by atoms with Gasteiger partial charge in [-0.25, -0.2) is 0 Å². The van der Waals surface area contributed by atoms with E-state index in [1.165, 1.54) is 0 Å². The van der Waals surface area contributed by atoms with E-state index in [1.807, 2.05) is 31.2 Å². The number of benzene rings is 1. The molecule has 1 aromatic rings. The van der Waals surface area contributed by atoms with E-state index in [-0.39, 0.29) is 22.6 Å². The Morgan fingerprint density at radius 3 is 2.82 bits per heavy atom. The summed E-state index contributed by atoms with van der Waals surface area (Å²) in [7, 11) is 0. The third-order valence-corrected chi connectivity index (χ3v) is 4.75. The molecule has 0 amide bonds. The summed E-state index contributed by atoms with van der Waals surface area (Å²) in [5.74, 6) is 0.890. The number of hydrogen-bond donors (Lipinski definition) is 2. The maximum absolute atomic E-state index is 9.53. The summed E-state index contributed by atoms with van der Waals surface area (Å²) in [6, 6.07) is 7.88. The average molecular weight is 253 g/mol. The predicted molar refractivity (Wildman–Crippen MR) is 71.4 cm³/mol. The third kappa shape index (κ3) is 2.76. The predicted octanol–water partition coefficient (Wildman–Crippen LogP) is 1.95. The molecule has 2 rings (SSSR count). The van der Waals surface area contributed by atoms with E-state index in [0.717, 1.165) is 11.3 Å². The first-order valence-electron chi connectivity index (χ1n) is 5.90. The quantitative estimate of drug-likeness (QED) is 0.864. The molecule has 0 aliphatic carbocycles. The summed E-state index contributed by atoms with van der Waals surface area (Å²) in [4.78, 5) is 0. The van der Waals surface area contributed by atoms with Crippen molar-refractivity contribution in [2.75, 3.05) is 6.61 Å². The van der Waals surface area contributed by atoms with Crippen molar-refractivity contribution in [2.24, 2.45) is 5.73 Å². The van der Waals surface area contributed by atoms with Crippen LogP contribution in [0.15, 0.2) is 24.3 Å². The van der Waals surface area contributed by atoms with Crippen molar-refractivity contribution in [3.63, 3.8) is 0 Å². The molecule has 0 saturated heterocycles. The molecule has 17 heavy (non-hydrogen) atoms. The number of aliphatic hydroxyl groups excluding tert-OH is 1. The molecule has 0 aromatic heterocycles. The smallest absolute Gasteiger partial charge is 0.124 e. The molecule has 0 bridgehead atoms. The Balaban J connectivity index is 2.09. The summed E-state index contributed by atoms with van der Waals surface area (Å²) in [6.45, 7) is 4.43. The van der Waals surface area contributed by atoms with Crippen molar-refractivity contribution in [3.8, 4) is 5.75 Å². The Morgan fingerprint density at radius 2 is 2.12 bits per heavy atom. The highest BCUT2D eigenvalue weighted by atomic mass is 32.2. The lowest BCUT2D eigenvalue weighted by Gasteiger charge is -2.32. The summed E-state index contributed by atoms with van der Waals surface area (Å²) in [5, 5.41) is 9.90. The van der Waals surface area contributed by atoms with E-state index in [1.54, 1.807) is 18.7 Å². The molecular weight excluding hydrogens is 234 g/mol. The lowest BCUT2D eigenvalue weighted by Crippen LogP contribution is -2.36. The van der Waals surface area contributed by atoms with E-state index in [2.05, 4.69) is 0 Å². The fourth-order valence-corrected chi connectivity index (χ4v) is 3.12. The average Bonchev–Trinajstić information content (AvgIpc) is 2.33. The highest BCUT2D eigenvalue weighted by molar-refractivity contribution is 8.00. The number of ether oxygens (including phenoxy) is 1. The van der Waals surface area contributed by atoms with Crippen molar-refractivity contribution >= 4 is 11.8 Å². The van der Waals surface area contributed by atoms with Crippen molar-refractivity contribution in [2.45, 2.75) is 36.5 Å². The molecule has 94 valence electrons. The van der Waals surface area contributed by atoms with E-state index in [4.69, 9.17) is 10.5 Å². The molecule has 0 radical (unpaired) electrons. The van der Waals surface area contributed by atoms with E-state index in [9.17, 15) is 5.11 Å². The fraction of sp³-hybridized carbons (Fsp3) is 0.538. The lowest BCUT2D eigenvalue weighted by atomic mass is 10.0. The van der Waals surface area contributed by atoms with Gasteiger partial charge in [-0.15, -0.1) is 11.8 Å². The molecule has 1 aliphatic rings. The van der Waals surface area contributed by atoms with Crippen LogP contribution in [-0.2, 0) is 0 Å². The SMILES string of the molecule is CC(O)C(C)SC1COc2ccccc2C1N. The van der Waals surface area contributed by atoms with Gasteiger partial charge in [-0.05, 0) is 13.0 Å². The van der Waals surface area contributed by atoms with Crippen LogP contribution in [0.4, 0.5) is 0 Å². The summed E-state index contributed by atoms with van der Waals surface area (Å²) in [6.07, 6.45) is -0.329. The molecule has 3 nitrogen and oxygen atoms in total. The normalized spacial score (nSPS) is 26.8. The van der Waals surface area contributed by atoms with Crippen LogP contribution in [0.2, 0.25) is 0 Å². The second-order valence-electron chi connectivity index (χ2n) is 4.49. The Kier molecular flexibility index (Phi) is 3.97. The topological polar surface area (TPSA) is 55.5 Å². The molecule has 1 aromatic carbocycles. The molecule has 4 heteroatoms. The van der Waals surface area contributed by atoms with Gasteiger partial charge in [0.25, 0.3) is 0 Å². The monoisotopic (exact) mass is 253 g/mol. The van der Waals surface area contributed by atoms with Gasteiger partial charge in [-0.2, -0.15) is 0 Å². The molecule has 4 atom stereocenters. The van der Waals surface area contributed by atoms with Gasteiger partial charge in [0.2, 0.25) is 0 Å². The zero-order valence-corrected chi connectivity index (χ0v) is 11.0. The van der Waals surface area contributed by atoms with Gasteiger partial charge >= 0.3 is 0 Å². The number of thioether (sulfide) groups is 1. The highest BCUT2D eigenvalue weighted by Gasteiger charge is 2.30. The van der Waals surface area contributed by atoms with Crippen LogP contribution >= 0.6 is 11.8 Å². The highest BCUT2D eigenvalue weighted by Crippen LogP contribution is 2.37. The van der Waals surface area contributed by atoms with Crippen molar-refractivity contribution < 1.29 is 9.84 Å². The molecule has 4 unspecified atom stereocenters. The van der Waals surface area contributed by atoms with E-state index >= 15 is 0 Å². The number of hydrogen-bond acceptors (Lipinski definition) is 4. The van der Waals surface area contributed by atoms with E-state index < -0.39 is 0 Å². The van der Waals surface area contributed by atoms with Crippen molar-refractivity contribution in [1.82, 2.24) is 0 Å². The number of aliphatic hydroxyl groups is 1. The van der Waals surface area contributed by atoms with Gasteiger partial charge in [0, 0.05) is 16.9 Å². The van der Waals surface area contributed by atoms with E-state index in [0.29, 0.717) is 6.61 Å². The number of rotatable bonds is 3. The van der Waals surface area contributed by atoms with Crippen LogP contribution in [0, 0.1) is 0 Å². The van der Waals surface area contributed by atoms with Crippen LogP contribution in [0.5, 0.6) is 5.75 Å². The first-order valence-corrected chi connectivity index (χ1v) is 6.84. The van der Waals surface area contributed by atoms with Gasteiger partial charge in [-0.3, -0.25) is 0 Å². The van der Waals surface area contributed by atoms with Crippen molar-refractivity contribution in [3.05, 3.63) is 29.8 Å². The standard InChI is InChI=1S/C13H19NO2S/c1-8(15)9(2)17-12-7-16-11-6-4-3-5-10(11)13(12)14/h3-6,8-9,12-13,15H,7,14H2,1-2H3. The van der Waals surface area contributed by atoms with Gasteiger partial charge in [0.05, 0.1) is 11.4 Å². The largest absolute Gasteiger partial charge is 0.492 e. The zero-order valence-electron chi connectivity index (χ0n) is 10.2. The number of fused-ring (bicyclic) bond motifs is 1. The Bertz CT molecular complexity index is 383. The summed E-state index contributed by atoms with van der Waals surface area (Å²) < 4.78 is 5.70. The van der Waals surface area contributed by atoms with Gasteiger partial charge in [0.15, 0.2) is 0 Å². The maximum Gasteiger partial charge on any atom is 0.124 e. The molecular formula is C13H19NO2S. The summed E-state index contributed by atoms with van der Waals surface area (Å²) >= 11 is 1.70. The summed E-state index contributed by atoms with van der Waals surface area (Å²) in [5.41, 5.74) is 7.32. The minimum absolute atomic E-state index is 0.0221. The Labute approximate surface area is 106 Å². The number of nitrogens with two attached hydrogens (primary N) is 1. The van der Waals surface area contributed by atoms with Crippen molar-refractivity contribution in [1.29, 1.82) is 0 Å². The Hall–Kier alpha value is -0.710. The van der Waals surface area contributed by atoms with Gasteiger partial charge < -0.3 is 15.6 Å². The van der Waals surface area contributed by atoms with Gasteiger partial charge in [0.1, 0.15) is 12.4 Å². The minimum Gasteiger partial charge on any atom is -0.492 e. The second kappa shape index (κ2) is 5.29. The molecule has 3 N–H and O–H groups in total. The fourth-order valence-electron chi connectivity index (χ4n) is 1.88. The lowest BCUT2D eigenvalue weighted by molar-refractivity contribution is 0.195. The maximum atomic E-state index is 9.53. The van der Waals surface area contributed by atoms with Gasteiger partial charge in [-0.1, -0.05) is 25.1 Å². The molecule has 0 spiro atoms. The number of para-hydroxylation sites is 1. The van der Waals surface area contributed by atoms with Crippen LogP contribution < -0.4 is 10.5 Å². The minimum atomic E-state index is -0.329. The van der Waals surface area contributed by atoms with Crippen LogP contribution in [0.3, 0.4) is 0 Å². The molecule has 1 aliphatic heterocycles. The zero-order chi connectivity index (χ0) is 12.4. The third-order valence-electron chi connectivity index (χ3n) is 3.15. The Morgan fingerprint density at radius 1 is 1.41 bits per heavy atom. The first-order chi connectivity index (χ1) is 8.09. The molecule has 1 heterocycles. The van der Waals surface area contributed by atoms with Crippen LogP contribution in [0.25, 0.3) is 0 Å². The van der Waals surface area contributed by atoms with Crippen LogP contribution in [0.1, 0.15) is 25.5 Å². The first kappa shape index (κ1) is 12.7.